The molecule has 5 aliphatic rings. The molecule has 42 valence electrons. The Hall–Kier alpha value is 0. The van der Waals surface area contributed by atoms with Gasteiger partial charge in [0.1, 0.15) is 0 Å². The lowest BCUT2D eigenvalue weighted by Crippen LogP contribution is -2.23. The topological polar surface area (TPSA) is 0 Å². The highest BCUT2D eigenvalue weighted by atomic mass is 14.9. The molecule has 5 saturated carbocycles. The highest BCUT2D eigenvalue weighted by molar-refractivity contribution is 5.35. The molecule has 5 aliphatic carbocycles. The van der Waals surface area contributed by atoms with Gasteiger partial charge < -0.3 is 0 Å². The molecule has 0 aromatic rings. The summed E-state index contributed by atoms with van der Waals surface area (Å²) < 4.78 is 0. The molecule has 1 spiro atoms. The van der Waals surface area contributed by atoms with Crippen molar-refractivity contribution in [2.45, 2.75) is 19.3 Å². The van der Waals surface area contributed by atoms with Crippen LogP contribution in [-0.4, -0.2) is 0 Å². The predicted octanol–water partition coefficient (Wildman–Crippen LogP) is 1.66. The van der Waals surface area contributed by atoms with E-state index in [0.29, 0.717) is 0 Å². The molecule has 5 atom stereocenters. The third-order valence-electron chi connectivity index (χ3n) is 4.64. The molecule has 8 heavy (non-hydrogen) atoms. The van der Waals surface area contributed by atoms with E-state index in [1.165, 1.54) is 23.7 Å². The third kappa shape index (κ3) is 0.110. The van der Waals surface area contributed by atoms with Crippen LogP contribution in [0, 0.1) is 29.1 Å². The second-order valence-electron chi connectivity index (χ2n) is 4.38. The maximum Gasteiger partial charge on any atom is -0.0201 e. The van der Waals surface area contributed by atoms with E-state index >= 15 is 0 Å². The quantitative estimate of drug-likeness (QED) is 0.440. The van der Waals surface area contributed by atoms with Crippen LogP contribution in [0.2, 0.25) is 0 Å². The van der Waals surface area contributed by atoms with Crippen LogP contribution >= 0.6 is 0 Å². The van der Waals surface area contributed by atoms with Gasteiger partial charge in [-0.1, -0.05) is 0 Å². The molecule has 0 saturated heterocycles. The van der Waals surface area contributed by atoms with E-state index in [4.69, 9.17) is 0 Å². The summed E-state index contributed by atoms with van der Waals surface area (Å²) in [5.74, 6) is 5.08. The lowest BCUT2D eigenvalue weighted by molar-refractivity contribution is 0.185. The Morgan fingerprint density at radius 1 is 1.25 bits per heavy atom. The van der Waals surface area contributed by atoms with Crippen LogP contribution in [0.5, 0.6) is 0 Å². The fraction of sp³-hybridized carbons (Fsp3) is 1.00. The molecule has 0 radical (unpaired) electrons. The molecule has 2 bridgehead atoms. The second-order valence-corrected chi connectivity index (χ2v) is 4.38. The fourth-order valence-corrected chi connectivity index (χ4v) is 4.43. The zero-order valence-electron chi connectivity index (χ0n) is 4.93. The lowest BCUT2D eigenvalue weighted by Gasteiger charge is -2.30. The summed E-state index contributed by atoms with van der Waals surface area (Å²) >= 11 is 0. The molecule has 0 aromatic carbocycles. The van der Waals surface area contributed by atoms with Gasteiger partial charge in [-0.25, -0.2) is 0 Å². The minimum absolute atomic E-state index is 1.06. The molecule has 0 aliphatic heterocycles. The zero-order chi connectivity index (χ0) is 4.93. The predicted molar refractivity (Wildman–Crippen MR) is 30.2 cm³/mol. The van der Waals surface area contributed by atoms with E-state index < -0.39 is 0 Å². The van der Waals surface area contributed by atoms with E-state index in [1.807, 2.05) is 0 Å². The fourth-order valence-electron chi connectivity index (χ4n) is 4.43. The number of rotatable bonds is 0. The largest absolute Gasteiger partial charge is 0.0467 e. The average molecular weight is 106 g/mol. The summed E-state index contributed by atoms with van der Waals surface area (Å²) in [6, 6.07) is 0. The van der Waals surface area contributed by atoms with Crippen LogP contribution in [0.15, 0.2) is 0 Å². The van der Waals surface area contributed by atoms with Gasteiger partial charge in [-0.3, -0.25) is 0 Å². The van der Waals surface area contributed by atoms with Gasteiger partial charge in [0.15, 0.2) is 0 Å². The zero-order valence-corrected chi connectivity index (χ0v) is 4.93. The Balaban J connectivity index is 2.08. The monoisotopic (exact) mass is 106 g/mol. The Kier molecular flexibility index (Phi) is 0.231. The molecule has 0 heterocycles. The van der Waals surface area contributed by atoms with Crippen molar-refractivity contribution in [2.75, 3.05) is 0 Å². The van der Waals surface area contributed by atoms with E-state index in [2.05, 4.69) is 0 Å². The van der Waals surface area contributed by atoms with Crippen molar-refractivity contribution in [3.8, 4) is 0 Å². The molecule has 0 heteroatoms. The summed E-state index contributed by atoms with van der Waals surface area (Å²) in [4.78, 5) is 0. The Morgan fingerprint density at radius 3 is 2.50 bits per heavy atom. The van der Waals surface area contributed by atoms with Crippen LogP contribution in [0.1, 0.15) is 19.3 Å². The first kappa shape index (κ1) is 3.24. The van der Waals surface area contributed by atoms with Gasteiger partial charge in [-0.15, -0.1) is 0 Å². The number of hydrogen-bond donors (Lipinski definition) is 0. The Bertz CT molecular complexity index is 176. The smallest absolute Gasteiger partial charge is 0.0201 e. The van der Waals surface area contributed by atoms with Crippen molar-refractivity contribution in [3.05, 3.63) is 0 Å². The first-order valence-corrected chi connectivity index (χ1v) is 3.93. The Morgan fingerprint density at radius 2 is 2.25 bits per heavy atom. The first-order valence-electron chi connectivity index (χ1n) is 3.93. The van der Waals surface area contributed by atoms with Crippen molar-refractivity contribution >= 4 is 0 Å². The Labute approximate surface area is 49.3 Å². The molecule has 0 aromatic heterocycles. The summed E-state index contributed by atoms with van der Waals surface area (Å²) in [6.07, 6.45) is 4.94. The summed E-state index contributed by atoms with van der Waals surface area (Å²) in [7, 11) is 0. The highest BCUT2D eigenvalue weighted by Gasteiger charge is 2.87. The molecule has 5 rings (SSSR count). The van der Waals surface area contributed by atoms with Crippen molar-refractivity contribution in [1.29, 1.82) is 0 Å². The van der Waals surface area contributed by atoms with Crippen molar-refractivity contribution in [2.24, 2.45) is 29.1 Å². The third-order valence-corrected chi connectivity index (χ3v) is 4.64. The molecule has 0 amide bonds. The minimum atomic E-state index is 1.06. The van der Waals surface area contributed by atoms with E-state index in [-0.39, 0.29) is 0 Å². The highest BCUT2D eigenvalue weighted by Crippen LogP contribution is 2.94. The van der Waals surface area contributed by atoms with Crippen LogP contribution in [0.3, 0.4) is 0 Å². The van der Waals surface area contributed by atoms with Crippen molar-refractivity contribution in [3.63, 3.8) is 0 Å². The van der Waals surface area contributed by atoms with Gasteiger partial charge in [0.2, 0.25) is 0 Å². The first-order chi connectivity index (χ1) is 3.93. The average Bonchev–Trinajstić information content (AvgIpc) is 1.94. The van der Waals surface area contributed by atoms with Crippen molar-refractivity contribution < 1.29 is 0 Å². The summed E-state index contributed by atoms with van der Waals surface area (Å²) in [5, 5.41) is 0. The van der Waals surface area contributed by atoms with Gasteiger partial charge in [0, 0.05) is 0 Å². The van der Waals surface area contributed by atoms with Crippen LogP contribution in [0.4, 0.5) is 0 Å². The van der Waals surface area contributed by atoms with Gasteiger partial charge in [-0.05, 0) is 48.3 Å². The molecule has 5 fully saturated rings. The lowest BCUT2D eigenvalue weighted by atomic mass is 9.75. The van der Waals surface area contributed by atoms with Crippen LogP contribution in [-0.2, 0) is 0 Å². The molecule has 0 nitrogen and oxygen atoms in total. The van der Waals surface area contributed by atoms with E-state index in [1.54, 1.807) is 19.3 Å². The van der Waals surface area contributed by atoms with E-state index in [9.17, 15) is 0 Å². The van der Waals surface area contributed by atoms with Gasteiger partial charge in [0.05, 0.1) is 0 Å². The second kappa shape index (κ2) is 0.571. The number of hydrogen-bond acceptors (Lipinski definition) is 0. The van der Waals surface area contributed by atoms with Gasteiger partial charge >= 0.3 is 0 Å². The minimum Gasteiger partial charge on any atom is -0.0467 e. The summed E-state index contributed by atoms with van der Waals surface area (Å²) in [6.45, 7) is 0. The molecular formula is C8H10. The summed E-state index contributed by atoms with van der Waals surface area (Å²) in [5.41, 5.74) is 1.06. The van der Waals surface area contributed by atoms with Crippen molar-refractivity contribution in [1.82, 2.24) is 0 Å². The normalized spacial score (nSPS) is 87.0. The maximum absolute atomic E-state index is 1.66. The van der Waals surface area contributed by atoms with E-state index in [0.717, 1.165) is 5.41 Å². The van der Waals surface area contributed by atoms with Crippen LogP contribution in [0.25, 0.3) is 0 Å². The van der Waals surface area contributed by atoms with Gasteiger partial charge in [0.25, 0.3) is 0 Å². The molecular weight excluding hydrogens is 96.1 g/mol. The standard InChI is InChI=1S/C8H10/c1-4-3-8-5(1)2-6(8)7(4)8/h4-7H,1-3H2. The van der Waals surface area contributed by atoms with Crippen LogP contribution < -0.4 is 0 Å². The molecule has 0 N–H and O–H groups in total. The molecule has 5 unspecified atom stereocenters. The van der Waals surface area contributed by atoms with Gasteiger partial charge in [-0.2, -0.15) is 0 Å². The SMILES string of the molecule is C1C2CC34C1CC3C24. The maximum atomic E-state index is 1.66.